The van der Waals surface area contributed by atoms with Crippen LogP contribution in [0.2, 0.25) is 0 Å². The number of hydrogen-bond donors (Lipinski definition) is 0. The first-order chi connectivity index (χ1) is 19.8. The van der Waals surface area contributed by atoms with Gasteiger partial charge in [-0.2, -0.15) is 0 Å². The third kappa shape index (κ3) is 10.0. The van der Waals surface area contributed by atoms with Crippen LogP contribution in [0.25, 0.3) is 0 Å². The summed E-state index contributed by atoms with van der Waals surface area (Å²) in [6, 6.07) is 22.3. The molecular formula is C37H52Cl2N2Ru. The summed E-state index contributed by atoms with van der Waals surface area (Å²) in [4.78, 5) is 4.76. The Morgan fingerprint density at radius 1 is 0.548 bits per heavy atom. The topological polar surface area (TPSA) is 6.48 Å². The van der Waals surface area contributed by atoms with Gasteiger partial charge in [-0.05, 0) is 64.3 Å². The van der Waals surface area contributed by atoms with Gasteiger partial charge in [0.2, 0.25) is 6.67 Å². The molecule has 0 saturated carbocycles. The zero-order valence-electron chi connectivity index (χ0n) is 27.6. The molecule has 3 aromatic rings. The Balaban J connectivity index is 0.000000394. The van der Waals surface area contributed by atoms with Gasteiger partial charge in [-0.25, -0.2) is 0 Å². The molecule has 1 aliphatic heterocycles. The van der Waals surface area contributed by atoms with Crippen molar-refractivity contribution in [3.63, 3.8) is 0 Å². The summed E-state index contributed by atoms with van der Waals surface area (Å²) in [5, 5.41) is 0. The minimum absolute atomic E-state index is 0.346. The van der Waals surface area contributed by atoms with E-state index in [9.17, 15) is 0 Å². The molecule has 1 heterocycles. The van der Waals surface area contributed by atoms with Gasteiger partial charge in [0.1, 0.15) is 0 Å². The number of halogens is 2. The van der Waals surface area contributed by atoms with Gasteiger partial charge in [-0.1, -0.05) is 135 Å². The number of anilines is 2. The molecule has 0 amide bonds. The minimum atomic E-state index is -0.346. The van der Waals surface area contributed by atoms with Crippen molar-refractivity contribution in [2.75, 3.05) is 22.9 Å². The maximum absolute atomic E-state index is 4.85. The van der Waals surface area contributed by atoms with E-state index >= 15 is 0 Å². The molecule has 0 aromatic heterocycles. The Labute approximate surface area is 273 Å². The molecule has 0 aliphatic carbocycles. The van der Waals surface area contributed by atoms with Gasteiger partial charge >= 0.3 is 34.5 Å². The average molecular weight is 697 g/mol. The van der Waals surface area contributed by atoms with Gasteiger partial charge in [0.15, 0.2) is 0 Å². The van der Waals surface area contributed by atoms with Gasteiger partial charge in [0.05, 0.1) is 0 Å². The number of nitrogens with zero attached hydrogens (tertiary/aromatic N) is 2. The van der Waals surface area contributed by atoms with E-state index in [0.717, 1.165) is 13.1 Å². The summed E-state index contributed by atoms with van der Waals surface area (Å²) < 4.78 is 0. The third-order valence-electron chi connectivity index (χ3n) is 7.76. The number of rotatable bonds is 7. The summed E-state index contributed by atoms with van der Waals surface area (Å²) in [5.74, 6) is 2.63. The first-order valence-corrected chi connectivity index (χ1v) is 19.8. The standard InChI is InChI=1S/C27H38N2.C10H14.2ClH.Ru/c1-18(2)22-11-9-12-23(19(3)4)26(22)28-15-16-29(17-28)27-24(20(5)6)13-10-14-25(27)21(7)8;1-8(2)10-6-4-9(3)5-7-10;;;/h9-14,18-21H,15-16H2,1-8H3;4-8H,1-3H3;2*1H;/q;;;;+2/p-2. The van der Waals surface area contributed by atoms with Gasteiger partial charge in [0, 0.05) is 24.5 Å². The summed E-state index contributed by atoms with van der Waals surface area (Å²) in [7, 11) is 9.71. The molecule has 42 heavy (non-hydrogen) atoms. The normalized spacial score (nSPS) is 13.3. The Morgan fingerprint density at radius 2 is 0.857 bits per heavy atom. The average Bonchev–Trinajstić information content (AvgIpc) is 3.42. The molecule has 3 aromatic carbocycles. The molecule has 0 N–H and O–H groups in total. The second-order valence-electron chi connectivity index (χ2n) is 12.7. The van der Waals surface area contributed by atoms with Crippen molar-refractivity contribution in [3.05, 3.63) is 101 Å². The molecule has 1 fully saturated rings. The molecule has 2 radical (unpaired) electrons. The van der Waals surface area contributed by atoms with Gasteiger partial charge in [-0.15, -0.1) is 0 Å². The monoisotopic (exact) mass is 696 g/mol. The fourth-order valence-electron chi connectivity index (χ4n) is 5.37. The predicted molar refractivity (Wildman–Crippen MR) is 184 cm³/mol. The molecule has 1 aliphatic rings. The SMILES string of the molecule is CC(C)c1cccc(C(C)C)c1N1[C]N(c2c(C(C)C)cccc2C(C)C)CC1.Cc1ccc(C(C)C)cc1.[Cl][Ru][Cl]. The summed E-state index contributed by atoms with van der Waals surface area (Å²) in [6.45, 7) is 30.6. The van der Waals surface area contributed by atoms with Crippen molar-refractivity contribution >= 4 is 30.8 Å². The Kier molecular flexibility index (Phi) is 15.4. The van der Waals surface area contributed by atoms with E-state index in [1.54, 1.807) is 0 Å². The molecule has 5 heteroatoms. The summed E-state index contributed by atoms with van der Waals surface area (Å²) in [5.41, 5.74) is 11.2. The van der Waals surface area contributed by atoms with E-state index in [4.69, 9.17) is 19.4 Å². The van der Waals surface area contributed by atoms with Crippen molar-refractivity contribution in [3.8, 4) is 0 Å². The first kappa shape index (κ1) is 36.7. The second-order valence-corrected chi connectivity index (χ2v) is 15.3. The van der Waals surface area contributed by atoms with Crippen LogP contribution in [0.15, 0.2) is 60.7 Å². The number of benzene rings is 3. The first-order valence-electron chi connectivity index (χ1n) is 15.3. The molecule has 0 spiro atoms. The Hall–Kier alpha value is -1.54. The third-order valence-corrected chi connectivity index (χ3v) is 7.76. The van der Waals surface area contributed by atoms with Crippen molar-refractivity contribution in [1.29, 1.82) is 0 Å². The van der Waals surface area contributed by atoms with Crippen LogP contribution in [0.5, 0.6) is 0 Å². The molecule has 4 rings (SSSR count). The van der Waals surface area contributed by atoms with Crippen LogP contribution in [0.3, 0.4) is 0 Å². The zero-order valence-corrected chi connectivity index (χ0v) is 30.8. The predicted octanol–water partition coefficient (Wildman–Crippen LogP) is 12.0. The number of aryl methyl sites for hydroxylation is 1. The van der Waals surface area contributed by atoms with Crippen LogP contribution in [0, 0.1) is 13.6 Å². The molecule has 1 saturated heterocycles. The molecule has 232 valence electrons. The Morgan fingerprint density at radius 3 is 1.12 bits per heavy atom. The van der Waals surface area contributed by atoms with Crippen molar-refractivity contribution in [2.45, 2.75) is 106 Å². The van der Waals surface area contributed by atoms with E-state index in [1.807, 2.05) is 0 Å². The van der Waals surface area contributed by atoms with Crippen LogP contribution in [-0.2, 0) is 15.1 Å². The number of hydrogen-bond acceptors (Lipinski definition) is 2. The van der Waals surface area contributed by atoms with E-state index in [-0.39, 0.29) is 15.1 Å². The molecular weight excluding hydrogens is 644 g/mol. The molecule has 2 nitrogen and oxygen atoms in total. The van der Waals surface area contributed by atoms with Gasteiger partial charge in [0.25, 0.3) is 0 Å². The molecule has 0 atom stereocenters. The van der Waals surface area contributed by atoms with Crippen molar-refractivity contribution in [1.82, 2.24) is 0 Å². The fourth-order valence-corrected chi connectivity index (χ4v) is 5.37. The van der Waals surface area contributed by atoms with E-state index in [1.165, 1.54) is 44.8 Å². The van der Waals surface area contributed by atoms with Crippen LogP contribution >= 0.6 is 19.4 Å². The van der Waals surface area contributed by atoms with E-state index in [2.05, 4.69) is 153 Å². The Bertz CT molecular complexity index is 1100. The van der Waals surface area contributed by atoms with E-state index in [0.29, 0.717) is 29.6 Å². The maximum atomic E-state index is 4.85. The summed E-state index contributed by atoms with van der Waals surface area (Å²) in [6.07, 6.45) is 0. The van der Waals surface area contributed by atoms with E-state index < -0.39 is 0 Å². The molecule has 0 unspecified atom stereocenters. The van der Waals surface area contributed by atoms with Crippen LogP contribution < -0.4 is 9.80 Å². The summed E-state index contributed by atoms with van der Waals surface area (Å²) >= 11 is -0.346. The quantitative estimate of drug-likeness (QED) is 0.227. The van der Waals surface area contributed by atoms with Crippen molar-refractivity contribution in [2.24, 2.45) is 0 Å². The van der Waals surface area contributed by atoms with Crippen LogP contribution in [0.4, 0.5) is 11.4 Å². The van der Waals surface area contributed by atoms with Crippen LogP contribution in [-0.4, -0.2) is 13.1 Å². The molecule has 0 bridgehead atoms. The van der Waals surface area contributed by atoms with Crippen molar-refractivity contribution < 1.29 is 15.1 Å². The number of para-hydroxylation sites is 2. The zero-order chi connectivity index (χ0) is 31.6. The van der Waals surface area contributed by atoms with Gasteiger partial charge < -0.3 is 9.80 Å². The fraction of sp³-hybridized carbons (Fsp3) is 0.486. The van der Waals surface area contributed by atoms with Crippen LogP contribution in [0.1, 0.15) is 132 Å². The second kappa shape index (κ2) is 17.7. The van der Waals surface area contributed by atoms with Gasteiger partial charge in [-0.3, -0.25) is 0 Å².